The molecule has 5 N–H and O–H groups in total. The Morgan fingerprint density at radius 2 is 2.00 bits per heavy atom. The standard InChI is InChI=1S/C18H16FN3O3/c19-13-5-2-6-15-16(13)12(9-21-15)17(23)22-11-4-1-3-10(7-11)8-14(20)18(24)25/h1-7,9,14,21H,8,20H2,(H,22,23)(H,24,25). The minimum Gasteiger partial charge on any atom is -0.480 e. The van der Waals surface area contributed by atoms with Crippen LogP contribution in [0.5, 0.6) is 0 Å². The van der Waals surface area contributed by atoms with Crippen LogP contribution in [0.4, 0.5) is 10.1 Å². The molecule has 0 radical (unpaired) electrons. The molecule has 0 saturated heterocycles. The maximum Gasteiger partial charge on any atom is 0.320 e. The number of aromatic amines is 1. The largest absolute Gasteiger partial charge is 0.480 e. The first-order chi connectivity index (χ1) is 12.0. The van der Waals surface area contributed by atoms with Gasteiger partial charge in [-0.05, 0) is 36.2 Å². The quantitative estimate of drug-likeness (QED) is 0.572. The molecule has 0 aliphatic carbocycles. The summed E-state index contributed by atoms with van der Waals surface area (Å²) in [4.78, 5) is 26.2. The van der Waals surface area contributed by atoms with Gasteiger partial charge >= 0.3 is 5.97 Å². The number of halogens is 1. The molecule has 0 bridgehead atoms. The Kier molecular flexibility index (Phi) is 4.49. The number of hydrogen-bond donors (Lipinski definition) is 4. The fraction of sp³-hybridized carbons (Fsp3) is 0.111. The van der Waals surface area contributed by atoms with E-state index in [2.05, 4.69) is 10.3 Å². The zero-order valence-corrected chi connectivity index (χ0v) is 13.1. The molecule has 3 aromatic rings. The van der Waals surface area contributed by atoms with E-state index in [0.29, 0.717) is 16.8 Å². The summed E-state index contributed by atoms with van der Waals surface area (Å²) in [6, 6.07) is 10.2. The van der Waals surface area contributed by atoms with E-state index in [1.807, 2.05) is 0 Å². The molecule has 0 spiro atoms. The van der Waals surface area contributed by atoms with Crippen LogP contribution in [-0.2, 0) is 11.2 Å². The second-order valence-electron chi connectivity index (χ2n) is 5.67. The highest BCUT2D eigenvalue weighted by Gasteiger charge is 2.16. The monoisotopic (exact) mass is 341 g/mol. The first kappa shape index (κ1) is 16.7. The number of H-pyrrole nitrogens is 1. The molecular formula is C18H16FN3O3. The van der Waals surface area contributed by atoms with Crippen molar-refractivity contribution in [1.29, 1.82) is 0 Å². The van der Waals surface area contributed by atoms with Crippen LogP contribution in [0, 0.1) is 5.82 Å². The van der Waals surface area contributed by atoms with Gasteiger partial charge in [0.2, 0.25) is 0 Å². The second-order valence-corrected chi connectivity index (χ2v) is 5.67. The Bertz CT molecular complexity index is 952. The fourth-order valence-electron chi connectivity index (χ4n) is 2.64. The lowest BCUT2D eigenvalue weighted by Crippen LogP contribution is -2.32. The molecule has 0 aliphatic heterocycles. The van der Waals surface area contributed by atoms with Crippen molar-refractivity contribution in [2.24, 2.45) is 5.73 Å². The SMILES string of the molecule is NC(Cc1cccc(NC(=O)c2c[nH]c3cccc(F)c23)c1)C(=O)O. The minimum atomic E-state index is -1.09. The van der Waals surface area contributed by atoms with Crippen molar-refractivity contribution < 1.29 is 19.1 Å². The Morgan fingerprint density at radius 3 is 2.76 bits per heavy atom. The number of carboxylic acids is 1. The van der Waals surface area contributed by atoms with E-state index in [-0.39, 0.29) is 17.4 Å². The first-order valence-corrected chi connectivity index (χ1v) is 7.60. The third kappa shape index (κ3) is 3.51. The van der Waals surface area contributed by atoms with E-state index in [1.54, 1.807) is 36.4 Å². The van der Waals surface area contributed by atoms with Crippen molar-refractivity contribution in [2.45, 2.75) is 12.5 Å². The summed E-state index contributed by atoms with van der Waals surface area (Å²) in [6.07, 6.45) is 1.59. The summed E-state index contributed by atoms with van der Waals surface area (Å²) in [6.45, 7) is 0. The highest BCUT2D eigenvalue weighted by molar-refractivity contribution is 6.12. The lowest BCUT2D eigenvalue weighted by Gasteiger charge is -2.09. The number of nitrogens with two attached hydrogens (primary N) is 1. The summed E-state index contributed by atoms with van der Waals surface area (Å²) in [5.74, 6) is -2.04. The molecule has 128 valence electrons. The van der Waals surface area contributed by atoms with Crippen LogP contribution in [-0.4, -0.2) is 28.0 Å². The van der Waals surface area contributed by atoms with Gasteiger partial charge < -0.3 is 21.1 Å². The molecule has 1 amide bonds. The van der Waals surface area contributed by atoms with Crippen LogP contribution < -0.4 is 11.1 Å². The predicted molar refractivity (Wildman–Crippen MR) is 92.0 cm³/mol. The van der Waals surface area contributed by atoms with Gasteiger partial charge in [0.1, 0.15) is 11.9 Å². The van der Waals surface area contributed by atoms with E-state index in [9.17, 15) is 14.0 Å². The minimum absolute atomic E-state index is 0.140. The lowest BCUT2D eigenvalue weighted by molar-refractivity contribution is -0.138. The Balaban J connectivity index is 1.82. The summed E-state index contributed by atoms with van der Waals surface area (Å²) in [5.41, 5.74) is 7.41. The van der Waals surface area contributed by atoms with Gasteiger partial charge in [0.25, 0.3) is 5.91 Å². The maximum absolute atomic E-state index is 14.0. The maximum atomic E-state index is 14.0. The number of amides is 1. The number of carbonyl (C=O) groups is 2. The molecule has 7 heteroatoms. The number of hydrogen-bond acceptors (Lipinski definition) is 3. The highest BCUT2D eigenvalue weighted by atomic mass is 19.1. The van der Waals surface area contributed by atoms with Gasteiger partial charge in [-0.25, -0.2) is 4.39 Å². The predicted octanol–water partition coefficient (Wildman–Crippen LogP) is 2.51. The fourth-order valence-corrected chi connectivity index (χ4v) is 2.64. The Labute approximate surface area is 142 Å². The zero-order chi connectivity index (χ0) is 18.0. The molecule has 6 nitrogen and oxygen atoms in total. The summed E-state index contributed by atoms with van der Waals surface area (Å²) in [5, 5.41) is 11.8. The van der Waals surface area contributed by atoms with Crippen LogP contribution >= 0.6 is 0 Å². The van der Waals surface area contributed by atoms with E-state index in [0.717, 1.165) is 0 Å². The first-order valence-electron chi connectivity index (χ1n) is 7.60. The third-order valence-electron chi connectivity index (χ3n) is 3.86. The number of aromatic nitrogens is 1. The number of benzene rings is 2. The smallest absolute Gasteiger partial charge is 0.320 e. The number of rotatable bonds is 5. The van der Waals surface area contributed by atoms with Gasteiger partial charge in [-0.3, -0.25) is 9.59 Å². The Morgan fingerprint density at radius 1 is 1.24 bits per heavy atom. The zero-order valence-electron chi connectivity index (χ0n) is 13.1. The topological polar surface area (TPSA) is 108 Å². The lowest BCUT2D eigenvalue weighted by atomic mass is 10.1. The molecule has 25 heavy (non-hydrogen) atoms. The van der Waals surface area contributed by atoms with Gasteiger partial charge in [0.15, 0.2) is 0 Å². The van der Waals surface area contributed by atoms with Crippen LogP contribution in [0.2, 0.25) is 0 Å². The molecule has 3 rings (SSSR count). The average Bonchev–Trinajstić information content (AvgIpc) is 3.00. The van der Waals surface area contributed by atoms with E-state index >= 15 is 0 Å². The molecule has 1 aromatic heterocycles. The number of carbonyl (C=O) groups excluding carboxylic acids is 1. The van der Waals surface area contributed by atoms with Crippen molar-refractivity contribution in [1.82, 2.24) is 4.98 Å². The van der Waals surface area contributed by atoms with Crippen molar-refractivity contribution in [3.05, 3.63) is 65.6 Å². The highest BCUT2D eigenvalue weighted by Crippen LogP contribution is 2.23. The van der Waals surface area contributed by atoms with Crippen molar-refractivity contribution >= 4 is 28.5 Å². The van der Waals surface area contributed by atoms with E-state index in [1.165, 1.54) is 12.3 Å². The molecular weight excluding hydrogens is 325 g/mol. The van der Waals surface area contributed by atoms with E-state index in [4.69, 9.17) is 10.8 Å². The molecule has 1 heterocycles. The third-order valence-corrected chi connectivity index (χ3v) is 3.86. The Hall–Kier alpha value is -3.19. The molecule has 0 fully saturated rings. The normalized spacial score (nSPS) is 12.1. The number of carboxylic acid groups (broad SMARTS) is 1. The van der Waals surface area contributed by atoms with Crippen LogP contribution in [0.25, 0.3) is 10.9 Å². The van der Waals surface area contributed by atoms with Gasteiger partial charge in [0.05, 0.1) is 5.56 Å². The number of fused-ring (bicyclic) bond motifs is 1. The summed E-state index contributed by atoms with van der Waals surface area (Å²) >= 11 is 0. The van der Waals surface area contributed by atoms with Gasteiger partial charge in [-0.2, -0.15) is 0 Å². The van der Waals surface area contributed by atoms with Crippen molar-refractivity contribution in [3.8, 4) is 0 Å². The van der Waals surface area contributed by atoms with Crippen molar-refractivity contribution in [2.75, 3.05) is 5.32 Å². The van der Waals surface area contributed by atoms with E-state index < -0.39 is 23.7 Å². The van der Waals surface area contributed by atoms with Gasteiger partial charge in [0, 0.05) is 22.8 Å². The second kappa shape index (κ2) is 6.74. The summed E-state index contributed by atoms with van der Waals surface area (Å²) < 4.78 is 14.0. The van der Waals surface area contributed by atoms with Crippen LogP contribution in [0.15, 0.2) is 48.7 Å². The van der Waals surface area contributed by atoms with Crippen molar-refractivity contribution in [3.63, 3.8) is 0 Å². The van der Waals surface area contributed by atoms with Gasteiger partial charge in [-0.1, -0.05) is 18.2 Å². The molecule has 1 atom stereocenters. The molecule has 1 unspecified atom stereocenters. The number of anilines is 1. The summed E-state index contributed by atoms with van der Waals surface area (Å²) in [7, 11) is 0. The van der Waals surface area contributed by atoms with Gasteiger partial charge in [-0.15, -0.1) is 0 Å². The van der Waals surface area contributed by atoms with Crippen LogP contribution in [0.3, 0.4) is 0 Å². The number of nitrogens with one attached hydrogen (secondary N) is 2. The number of aliphatic carboxylic acids is 1. The molecule has 0 saturated carbocycles. The molecule has 0 aliphatic rings. The molecule has 2 aromatic carbocycles. The average molecular weight is 341 g/mol. The van der Waals surface area contributed by atoms with Crippen LogP contribution in [0.1, 0.15) is 15.9 Å².